The van der Waals surface area contributed by atoms with Crippen molar-refractivity contribution in [2.75, 3.05) is 0 Å². The van der Waals surface area contributed by atoms with Gasteiger partial charge in [0.05, 0.1) is 0 Å². The van der Waals surface area contributed by atoms with Gasteiger partial charge in [0.15, 0.2) is 5.83 Å². The topological polar surface area (TPSA) is 0 Å². The summed E-state index contributed by atoms with van der Waals surface area (Å²) < 4.78 is 71.2. The number of hydrogen-bond donors (Lipinski definition) is 0. The molecule has 1 atom stereocenters. The lowest BCUT2D eigenvalue weighted by molar-refractivity contribution is -0.119. The van der Waals surface area contributed by atoms with E-state index >= 15 is 0 Å². The average molecular weight is 336 g/mol. The maximum Gasteiger partial charge on any atom is 0.404 e. The fourth-order valence-corrected chi connectivity index (χ4v) is 0.682. The first-order valence-corrected chi connectivity index (χ1v) is 4.41. The zero-order valence-electron chi connectivity index (χ0n) is 5.68. The minimum Gasteiger partial charge on any atom is -0.204 e. The molecular formula is C5H2Br2F6. The van der Waals surface area contributed by atoms with Gasteiger partial charge in [-0.15, -0.1) is 0 Å². The second-order valence-electron chi connectivity index (χ2n) is 1.96. The van der Waals surface area contributed by atoms with Gasteiger partial charge >= 0.3 is 11.0 Å². The molecule has 0 fully saturated rings. The molecule has 0 aromatic carbocycles. The number of hydrogen-bond acceptors (Lipinski definition) is 0. The fourth-order valence-electron chi connectivity index (χ4n) is 0.317. The number of alkyl halides is 7. The molecule has 0 bridgehead atoms. The monoisotopic (exact) mass is 334 g/mol. The van der Waals surface area contributed by atoms with Crippen LogP contribution in [0.3, 0.4) is 0 Å². The second-order valence-corrected chi connectivity index (χ2v) is 3.94. The average Bonchev–Trinajstić information content (AvgIpc) is 1.82. The van der Waals surface area contributed by atoms with Crippen LogP contribution in [0.1, 0.15) is 0 Å². The van der Waals surface area contributed by atoms with Gasteiger partial charge < -0.3 is 0 Å². The molecule has 0 aromatic rings. The van der Waals surface area contributed by atoms with Gasteiger partial charge in [-0.2, -0.15) is 22.0 Å². The molecule has 1 unspecified atom stereocenters. The maximum atomic E-state index is 12.2. The highest BCUT2D eigenvalue weighted by molar-refractivity contribution is 9.10. The van der Waals surface area contributed by atoms with Crippen LogP contribution in [0, 0.1) is 0 Å². The standard InChI is InChI=1S/C5H2Br2F6/c6-2(5(11,12)13)1-3(8)4(7,9)10/h1-2H/b3-1+. The Hall–Kier alpha value is 0.280. The van der Waals surface area contributed by atoms with Crippen LogP contribution in [-0.2, 0) is 0 Å². The molecule has 13 heavy (non-hydrogen) atoms. The van der Waals surface area contributed by atoms with Crippen LogP contribution in [0.5, 0.6) is 0 Å². The van der Waals surface area contributed by atoms with Crippen LogP contribution in [0.2, 0.25) is 0 Å². The van der Waals surface area contributed by atoms with Crippen molar-refractivity contribution in [1.82, 2.24) is 0 Å². The van der Waals surface area contributed by atoms with Gasteiger partial charge in [0, 0.05) is 0 Å². The van der Waals surface area contributed by atoms with Crippen LogP contribution < -0.4 is 0 Å². The Morgan fingerprint density at radius 3 is 1.77 bits per heavy atom. The molecule has 0 aliphatic carbocycles. The van der Waals surface area contributed by atoms with Crippen LogP contribution in [0.15, 0.2) is 11.9 Å². The molecule has 0 radical (unpaired) electrons. The quantitative estimate of drug-likeness (QED) is 0.525. The van der Waals surface area contributed by atoms with E-state index in [0.717, 1.165) is 0 Å². The summed E-state index contributed by atoms with van der Waals surface area (Å²) >= 11 is 3.57. The lowest BCUT2D eigenvalue weighted by Crippen LogP contribution is -2.22. The van der Waals surface area contributed by atoms with Crippen LogP contribution >= 0.6 is 31.9 Å². The van der Waals surface area contributed by atoms with E-state index in [9.17, 15) is 26.3 Å². The van der Waals surface area contributed by atoms with E-state index < -0.39 is 21.7 Å². The summed E-state index contributed by atoms with van der Waals surface area (Å²) in [6.07, 6.45) is -5.05. The van der Waals surface area contributed by atoms with Crippen LogP contribution in [0.25, 0.3) is 0 Å². The van der Waals surface area contributed by atoms with E-state index in [1.807, 2.05) is 15.9 Å². The van der Waals surface area contributed by atoms with Crippen LogP contribution in [0.4, 0.5) is 26.3 Å². The van der Waals surface area contributed by atoms with Gasteiger partial charge in [-0.3, -0.25) is 0 Å². The highest BCUT2D eigenvalue weighted by atomic mass is 79.9. The van der Waals surface area contributed by atoms with Crippen molar-refractivity contribution in [2.24, 2.45) is 0 Å². The Morgan fingerprint density at radius 2 is 1.54 bits per heavy atom. The zero-order valence-corrected chi connectivity index (χ0v) is 8.85. The van der Waals surface area contributed by atoms with E-state index in [1.165, 1.54) is 0 Å². The molecule has 0 aliphatic rings. The summed E-state index contributed by atoms with van der Waals surface area (Å²) in [5.41, 5.74) is 0. The van der Waals surface area contributed by atoms with Crippen molar-refractivity contribution >= 4 is 31.9 Å². The lowest BCUT2D eigenvalue weighted by atomic mass is 10.3. The van der Waals surface area contributed by atoms with Gasteiger partial charge in [0.1, 0.15) is 4.83 Å². The fraction of sp³-hybridized carbons (Fsp3) is 0.600. The molecular weight excluding hydrogens is 334 g/mol. The molecule has 0 nitrogen and oxygen atoms in total. The first-order chi connectivity index (χ1) is 5.55. The van der Waals surface area contributed by atoms with E-state index in [4.69, 9.17) is 0 Å². The summed E-state index contributed by atoms with van der Waals surface area (Å²) in [4.78, 5) is -6.49. The highest BCUT2D eigenvalue weighted by Gasteiger charge is 2.39. The number of halogens is 8. The molecule has 0 aromatic heterocycles. The molecule has 0 N–H and O–H groups in total. The third kappa shape index (κ3) is 4.90. The van der Waals surface area contributed by atoms with Crippen molar-refractivity contribution in [3.63, 3.8) is 0 Å². The summed E-state index contributed by atoms with van der Waals surface area (Å²) in [6.45, 7) is 0. The predicted octanol–water partition coefficient (Wildman–Crippen LogP) is 4.15. The van der Waals surface area contributed by atoms with Crippen molar-refractivity contribution in [2.45, 2.75) is 15.8 Å². The predicted molar refractivity (Wildman–Crippen MR) is 41.8 cm³/mol. The number of allylic oxidation sites excluding steroid dienone is 2. The smallest absolute Gasteiger partial charge is 0.204 e. The van der Waals surface area contributed by atoms with Gasteiger partial charge in [0.25, 0.3) is 0 Å². The molecule has 0 rings (SSSR count). The summed E-state index contributed by atoms with van der Waals surface area (Å²) in [7, 11) is 0. The first kappa shape index (κ1) is 13.3. The Bertz CT molecular complexity index is 202. The molecule has 0 heterocycles. The Kier molecular flexibility index (Phi) is 4.29. The van der Waals surface area contributed by atoms with Crippen LogP contribution in [-0.4, -0.2) is 15.8 Å². The Labute approximate surface area is 86.2 Å². The minimum atomic E-state index is -4.80. The first-order valence-electron chi connectivity index (χ1n) is 2.70. The summed E-state index contributed by atoms with van der Waals surface area (Å²) in [5.74, 6) is -2.19. The van der Waals surface area contributed by atoms with Gasteiger partial charge in [-0.25, -0.2) is 4.39 Å². The van der Waals surface area contributed by atoms with E-state index in [1.54, 1.807) is 15.9 Å². The Balaban J connectivity index is 4.59. The maximum absolute atomic E-state index is 12.2. The zero-order chi connectivity index (χ0) is 10.9. The Morgan fingerprint density at radius 1 is 1.15 bits per heavy atom. The molecule has 0 saturated heterocycles. The highest BCUT2D eigenvalue weighted by Crippen LogP contribution is 2.35. The van der Waals surface area contributed by atoms with E-state index in [2.05, 4.69) is 0 Å². The number of rotatable bonds is 2. The lowest BCUT2D eigenvalue weighted by Gasteiger charge is -2.11. The van der Waals surface area contributed by atoms with Crippen molar-refractivity contribution in [1.29, 1.82) is 0 Å². The molecule has 0 spiro atoms. The second kappa shape index (κ2) is 4.20. The summed E-state index contributed by atoms with van der Waals surface area (Å²) in [6, 6.07) is 0. The summed E-state index contributed by atoms with van der Waals surface area (Å²) in [5, 5.41) is 0. The van der Waals surface area contributed by atoms with E-state index in [0.29, 0.717) is 0 Å². The van der Waals surface area contributed by atoms with Crippen molar-refractivity contribution < 1.29 is 26.3 Å². The minimum absolute atomic E-state index is 0.255. The molecule has 0 amide bonds. The molecule has 78 valence electrons. The molecule has 0 aliphatic heterocycles. The van der Waals surface area contributed by atoms with Gasteiger partial charge in [0.2, 0.25) is 0 Å². The van der Waals surface area contributed by atoms with E-state index in [-0.39, 0.29) is 6.08 Å². The largest absolute Gasteiger partial charge is 0.404 e. The van der Waals surface area contributed by atoms with Crippen molar-refractivity contribution in [3.8, 4) is 0 Å². The van der Waals surface area contributed by atoms with Gasteiger partial charge in [-0.1, -0.05) is 15.9 Å². The normalized spacial score (nSPS) is 17.4. The third-order valence-corrected chi connectivity index (χ3v) is 2.04. The van der Waals surface area contributed by atoms with Crippen molar-refractivity contribution in [3.05, 3.63) is 11.9 Å². The SMILES string of the molecule is F/C(=C/C(Br)C(F)(F)F)C(F)(F)Br. The van der Waals surface area contributed by atoms with Gasteiger partial charge in [-0.05, 0) is 22.0 Å². The molecule has 0 saturated carbocycles. The molecule has 8 heteroatoms. The third-order valence-electron chi connectivity index (χ3n) is 0.876.